The van der Waals surface area contributed by atoms with Gasteiger partial charge >= 0.3 is 18.3 Å². The standard InChI is InChI=1S/C25H25F6N3O5S/c1-11-8-14(23(39,24(26,27)28)25(29,30)31)5-6-16(11)18-17(21(36)34-7-3-4-12(34)2)33-20(40-18)19(35)32-15-9-13(10-15)22(37)38/h5-6,8,12-13,15,39H,3-4,7,9-10H2,1-2H3,(H,32,35)(H,37,38)/t12-,13-,15-/m0/s1. The molecule has 1 aromatic carbocycles. The number of nitrogens with one attached hydrogen (secondary N) is 1. The summed E-state index contributed by atoms with van der Waals surface area (Å²) >= 11 is 0.737. The van der Waals surface area contributed by atoms with Gasteiger partial charge in [-0.1, -0.05) is 18.2 Å². The van der Waals surface area contributed by atoms with Crippen LogP contribution in [0.2, 0.25) is 0 Å². The number of carbonyl (C=O) groups is 3. The fourth-order valence-electron chi connectivity index (χ4n) is 4.93. The number of halogens is 6. The smallest absolute Gasteiger partial charge is 0.430 e. The van der Waals surface area contributed by atoms with Crippen LogP contribution in [0.4, 0.5) is 26.3 Å². The molecule has 1 aromatic heterocycles. The fourth-order valence-corrected chi connectivity index (χ4v) is 5.98. The summed E-state index contributed by atoms with van der Waals surface area (Å²) in [6.45, 7) is 3.44. The van der Waals surface area contributed by atoms with Crippen molar-refractivity contribution in [2.24, 2.45) is 5.92 Å². The number of nitrogens with zero attached hydrogens (tertiary/aromatic N) is 2. The van der Waals surface area contributed by atoms with Gasteiger partial charge in [-0.2, -0.15) is 26.3 Å². The highest BCUT2D eigenvalue weighted by atomic mass is 32.1. The molecule has 40 heavy (non-hydrogen) atoms. The van der Waals surface area contributed by atoms with Gasteiger partial charge in [-0.25, -0.2) is 4.98 Å². The molecule has 2 aromatic rings. The Balaban J connectivity index is 1.74. The molecule has 2 aliphatic rings. The van der Waals surface area contributed by atoms with Crippen LogP contribution in [0.1, 0.15) is 64.0 Å². The maximum absolute atomic E-state index is 13.4. The van der Waals surface area contributed by atoms with E-state index in [0.29, 0.717) is 31.5 Å². The number of alkyl halides is 6. The normalized spacial score (nSPS) is 21.7. The molecule has 2 fully saturated rings. The van der Waals surface area contributed by atoms with Crippen LogP contribution in [-0.4, -0.2) is 68.9 Å². The van der Waals surface area contributed by atoms with E-state index in [-0.39, 0.29) is 45.6 Å². The zero-order valence-corrected chi connectivity index (χ0v) is 22.0. The summed E-state index contributed by atoms with van der Waals surface area (Å²) in [7, 11) is 0. The molecule has 1 saturated heterocycles. The second-order valence-corrected chi connectivity index (χ2v) is 11.1. The number of likely N-dealkylation sites (tertiary alicyclic amines) is 1. The van der Waals surface area contributed by atoms with Crippen molar-refractivity contribution in [2.45, 2.75) is 69.6 Å². The largest absolute Gasteiger partial charge is 0.481 e. The van der Waals surface area contributed by atoms with Gasteiger partial charge in [0.2, 0.25) is 0 Å². The van der Waals surface area contributed by atoms with Crippen molar-refractivity contribution < 1.29 is 50.9 Å². The summed E-state index contributed by atoms with van der Waals surface area (Å²) in [5.74, 6) is -2.82. The van der Waals surface area contributed by atoms with E-state index in [1.807, 2.05) is 6.92 Å². The van der Waals surface area contributed by atoms with Gasteiger partial charge in [0.1, 0.15) is 5.69 Å². The van der Waals surface area contributed by atoms with E-state index < -0.39 is 53.3 Å². The van der Waals surface area contributed by atoms with E-state index in [1.165, 1.54) is 11.8 Å². The molecule has 0 spiro atoms. The number of carboxylic acids is 1. The van der Waals surface area contributed by atoms with Crippen molar-refractivity contribution in [3.63, 3.8) is 0 Å². The quantitative estimate of drug-likeness (QED) is 0.420. The number of hydrogen-bond donors (Lipinski definition) is 3. The van der Waals surface area contributed by atoms with Crippen molar-refractivity contribution in [3.05, 3.63) is 40.0 Å². The Morgan fingerprint density at radius 3 is 2.23 bits per heavy atom. The molecule has 4 rings (SSSR count). The topological polar surface area (TPSA) is 120 Å². The van der Waals surface area contributed by atoms with Gasteiger partial charge < -0.3 is 20.4 Å². The molecule has 2 heterocycles. The molecule has 1 atom stereocenters. The number of benzene rings is 1. The van der Waals surface area contributed by atoms with Crippen LogP contribution < -0.4 is 5.32 Å². The number of carbonyl (C=O) groups excluding carboxylic acids is 2. The predicted octanol–water partition coefficient (Wildman–Crippen LogP) is 4.65. The van der Waals surface area contributed by atoms with Gasteiger partial charge in [0.15, 0.2) is 5.01 Å². The van der Waals surface area contributed by atoms with E-state index in [2.05, 4.69) is 10.3 Å². The Kier molecular flexibility index (Phi) is 7.69. The van der Waals surface area contributed by atoms with Gasteiger partial charge in [-0.05, 0) is 50.7 Å². The van der Waals surface area contributed by atoms with Crippen molar-refractivity contribution >= 4 is 29.1 Å². The maximum atomic E-state index is 13.4. The Morgan fingerprint density at radius 2 is 1.73 bits per heavy atom. The molecule has 0 bridgehead atoms. The van der Waals surface area contributed by atoms with Gasteiger partial charge in [-0.15, -0.1) is 11.3 Å². The summed E-state index contributed by atoms with van der Waals surface area (Å²) in [4.78, 5) is 43.2. The van der Waals surface area contributed by atoms with Crippen molar-refractivity contribution in [1.29, 1.82) is 0 Å². The van der Waals surface area contributed by atoms with E-state index in [9.17, 15) is 45.8 Å². The monoisotopic (exact) mass is 593 g/mol. The molecule has 1 saturated carbocycles. The van der Waals surface area contributed by atoms with Crippen LogP contribution in [-0.2, 0) is 10.4 Å². The van der Waals surface area contributed by atoms with Gasteiger partial charge in [-0.3, -0.25) is 14.4 Å². The van der Waals surface area contributed by atoms with Crippen LogP contribution in [0.5, 0.6) is 0 Å². The van der Waals surface area contributed by atoms with Crippen LogP contribution in [0, 0.1) is 12.8 Å². The lowest BCUT2D eigenvalue weighted by Gasteiger charge is -2.33. The predicted molar refractivity (Wildman–Crippen MR) is 130 cm³/mol. The first-order valence-electron chi connectivity index (χ1n) is 12.3. The molecule has 0 radical (unpaired) electrons. The van der Waals surface area contributed by atoms with Crippen LogP contribution in [0.25, 0.3) is 10.4 Å². The Bertz CT molecular complexity index is 1320. The van der Waals surface area contributed by atoms with Gasteiger partial charge in [0, 0.05) is 24.2 Å². The molecule has 3 N–H and O–H groups in total. The minimum Gasteiger partial charge on any atom is -0.481 e. The van der Waals surface area contributed by atoms with E-state index in [0.717, 1.165) is 17.4 Å². The highest BCUT2D eigenvalue weighted by Crippen LogP contribution is 2.50. The lowest BCUT2D eigenvalue weighted by atomic mass is 9.80. The number of aromatic nitrogens is 1. The van der Waals surface area contributed by atoms with Crippen LogP contribution in [0.15, 0.2) is 18.2 Å². The first-order chi connectivity index (χ1) is 18.5. The van der Waals surface area contributed by atoms with Crippen molar-refractivity contribution in [1.82, 2.24) is 15.2 Å². The summed E-state index contributed by atoms with van der Waals surface area (Å²) in [5, 5.41) is 21.3. The Labute approximate surface area is 228 Å². The zero-order chi connectivity index (χ0) is 29.8. The number of aliphatic hydroxyl groups is 1. The van der Waals surface area contributed by atoms with Crippen LogP contribution >= 0.6 is 11.3 Å². The molecular weight excluding hydrogens is 568 g/mol. The second kappa shape index (κ2) is 10.3. The van der Waals surface area contributed by atoms with Crippen LogP contribution in [0.3, 0.4) is 0 Å². The SMILES string of the molecule is Cc1cc(C(O)(C(F)(F)F)C(F)(F)F)ccc1-c1sc(C(=O)N[C@H]2C[C@H](C(=O)O)C2)nc1C(=O)N1CCC[C@@H]1C. The third-order valence-electron chi connectivity index (χ3n) is 7.37. The second-order valence-electron chi connectivity index (χ2n) is 10.1. The first kappa shape index (κ1) is 29.8. The first-order valence-corrected chi connectivity index (χ1v) is 13.1. The highest BCUT2D eigenvalue weighted by Gasteiger charge is 2.71. The van der Waals surface area contributed by atoms with Gasteiger partial charge in [0.05, 0.1) is 10.8 Å². The van der Waals surface area contributed by atoms with Crippen molar-refractivity contribution in [2.75, 3.05) is 6.54 Å². The number of amides is 2. The van der Waals surface area contributed by atoms with E-state index in [4.69, 9.17) is 5.11 Å². The molecule has 8 nitrogen and oxygen atoms in total. The molecule has 2 amide bonds. The lowest BCUT2D eigenvalue weighted by molar-refractivity contribution is -0.376. The Morgan fingerprint density at radius 1 is 1.10 bits per heavy atom. The van der Waals surface area contributed by atoms with Gasteiger partial charge in [0.25, 0.3) is 17.4 Å². The number of aryl methyl sites for hydroxylation is 1. The number of aliphatic carboxylic acids is 1. The summed E-state index contributed by atoms with van der Waals surface area (Å²) < 4.78 is 80.5. The summed E-state index contributed by atoms with van der Waals surface area (Å²) in [6, 6.07) is 1.37. The number of hydrogen-bond acceptors (Lipinski definition) is 6. The average molecular weight is 594 g/mol. The van der Waals surface area contributed by atoms with E-state index >= 15 is 0 Å². The third kappa shape index (κ3) is 5.16. The van der Waals surface area contributed by atoms with E-state index in [1.54, 1.807) is 0 Å². The number of carboxylic acid groups (broad SMARTS) is 1. The minimum absolute atomic E-state index is 0.0665. The third-order valence-corrected chi connectivity index (χ3v) is 8.46. The average Bonchev–Trinajstić information content (AvgIpc) is 3.45. The summed E-state index contributed by atoms with van der Waals surface area (Å²) in [6.07, 6.45) is -10.3. The number of thiazole rings is 1. The highest BCUT2D eigenvalue weighted by molar-refractivity contribution is 7.17. The van der Waals surface area contributed by atoms with Crippen molar-refractivity contribution in [3.8, 4) is 10.4 Å². The summed E-state index contributed by atoms with van der Waals surface area (Å²) in [5.41, 5.74) is -6.81. The molecule has 15 heteroatoms. The number of rotatable bonds is 6. The molecule has 1 aliphatic carbocycles. The fraction of sp³-hybridized carbons (Fsp3) is 0.520. The Hall–Kier alpha value is -3.20. The molecule has 0 unspecified atom stereocenters. The zero-order valence-electron chi connectivity index (χ0n) is 21.2. The molecule has 218 valence electrons. The molecular formula is C25H25F6N3O5S. The molecule has 1 aliphatic heterocycles. The minimum atomic E-state index is -6.07. The lowest BCUT2D eigenvalue weighted by Crippen LogP contribution is -2.53. The maximum Gasteiger partial charge on any atom is 0.430 e.